The molecule has 0 radical (unpaired) electrons. The Morgan fingerprint density at radius 2 is 1.71 bits per heavy atom. The standard InChI is InChI=1S/C29H33FN2O2S/c1-19(2)32(28(34)21-6-10-22(11-7-21)29(3,4)5)18-26(33)31-16-14-25-24(15-17-35-25)27(31)20-8-12-23(30)13-9-20/h6-13,15,17,19,27H,14,16,18H2,1-5H3. The molecule has 0 spiro atoms. The molecule has 0 fully saturated rings. The van der Waals surface area contributed by atoms with Crippen molar-refractivity contribution in [2.45, 2.75) is 58.5 Å². The highest BCUT2D eigenvalue weighted by molar-refractivity contribution is 7.10. The Morgan fingerprint density at radius 1 is 1.06 bits per heavy atom. The summed E-state index contributed by atoms with van der Waals surface area (Å²) in [5, 5.41) is 2.04. The number of rotatable bonds is 5. The van der Waals surface area contributed by atoms with E-state index >= 15 is 0 Å². The van der Waals surface area contributed by atoms with Gasteiger partial charge < -0.3 is 9.80 Å². The van der Waals surface area contributed by atoms with Gasteiger partial charge in [-0.1, -0.05) is 45.0 Å². The number of carbonyl (C=O) groups is 2. The van der Waals surface area contributed by atoms with Crippen molar-refractivity contribution in [3.8, 4) is 0 Å². The van der Waals surface area contributed by atoms with Crippen LogP contribution in [0.1, 0.15) is 72.6 Å². The molecule has 4 nitrogen and oxygen atoms in total. The third-order valence-electron chi connectivity index (χ3n) is 6.66. The first-order valence-corrected chi connectivity index (χ1v) is 13.0. The van der Waals surface area contributed by atoms with Crippen LogP contribution in [0.4, 0.5) is 4.39 Å². The van der Waals surface area contributed by atoms with E-state index in [2.05, 4.69) is 26.8 Å². The molecule has 0 aliphatic carbocycles. The zero-order chi connectivity index (χ0) is 25.3. The number of nitrogens with zero attached hydrogens (tertiary/aromatic N) is 2. The van der Waals surface area contributed by atoms with Crippen molar-refractivity contribution in [1.29, 1.82) is 0 Å². The molecule has 4 rings (SSSR count). The number of carbonyl (C=O) groups excluding carboxylic acids is 2. The summed E-state index contributed by atoms with van der Waals surface area (Å²) in [6.45, 7) is 10.8. The highest BCUT2D eigenvalue weighted by atomic mass is 32.1. The second kappa shape index (κ2) is 9.94. The Morgan fingerprint density at radius 3 is 2.31 bits per heavy atom. The number of hydrogen-bond acceptors (Lipinski definition) is 3. The molecule has 3 aromatic rings. The van der Waals surface area contributed by atoms with Gasteiger partial charge in [-0.15, -0.1) is 11.3 Å². The summed E-state index contributed by atoms with van der Waals surface area (Å²) in [5.41, 5.74) is 3.69. The van der Waals surface area contributed by atoms with Crippen molar-refractivity contribution in [2.75, 3.05) is 13.1 Å². The first-order valence-electron chi connectivity index (χ1n) is 12.1. The molecule has 35 heavy (non-hydrogen) atoms. The van der Waals surface area contributed by atoms with Crippen LogP contribution < -0.4 is 0 Å². The summed E-state index contributed by atoms with van der Waals surface area (Å²) >= 11 is 1.69. The molecule has 1 aliphatic rings. The Hall–Kier alpha value is -2.99. The zero-order valence-electron chi connectivity index (χ0n) is 21.0. The topological polar surface area (TPSA) is 40.6 Å². The Labute approximate surface area is 211 Å². The van der Waals surface area contributed by atoms with E-state index in [9.17, 15) is 14.0 Å². The third kappa shape index (κ3) is 5.32. The lowest BCUT2D eigenvalue weighted by atomic mass is 9.86. The second-order valence-corrected chi connectivity index (χ2v) is 11.4. The van der Waals surface area contributed by atoms with E-state index < -0.39 is 0 Å². The minimum atomic E-state index is -0.304. The van der Waals surface area contributed by atoms with Gasteiger partial charge in [-0.3, -0.25) is 9.59 Å². The molecule has 1 atom stereocenters. The van der Waals surface area contributed by atoms with Gasteiger partial charge in [0.25, 0.3) is 5.91 Å². The maximum Gasteiger partial charge on any atom is 0.254 e. The van der Waals surface area contributed by atoms with Gasteiger partial charge in [-0.05, 0) is 78.1 Å². The fourth-order valence-electron chi connectivity index (χ4n) is 4.59. The molecule has 2 heterocycles. The van der Waals surface area contributed by atoms with E-state index in [1.807, 2.05) is 48.4 Å². The summed E-state index contributed by atoms with van der Waals surface area (Å²) in [5.74, 6) is -0.563. The van der Waals surface area contributed by atoms with Gasteiger partial charge in [0.05, 0.1) is 6.04 Å². The average molecular weight is 493 g/mol. The highest BCUT2D eigenvalue weighted by Gasteiger charge is 2.34. The number of benzene rings is 2. The smallest absolute Gasteiger partial charge is 0.254 e. The molecular weight excluding hydrogens is 459 g/mol. The Kier molecular flexibility index (Phi) is 7.13. The maximum atomic E-state index is 13.7. The van der Waals surface area contributed by atoms with Crippen molar-refractivity contribution in [3.05, 3.63) is 92.9 Å². The molecule has 184 valence electrons. The van der Waals surface area contributed by atoms with E-state index in [1.165, 1.54) is 17.0 Å². The Bertz CT molecular complexity index is 1190. The predicted octanol–water partition coefficient (Wildman–Crippen LogP) is 6.21. The second-order valence-electron chi connectivity index (χ2n) is 10.4. The van der Waals surface area contributed by atoms with Gasteiger partial charge in [-0.2, -0.15) is 0 Å². The Balaban J connectivity index is 1.59. The normalized spacial score (nSPS) is 15.7. The molecule has 1 aliphatic heterocycles. The van der Waals surface area contributed by atoms with Crippen molar-refractivity contribution in [2.24, 2.45) is 0 Å². The van der Waals surface area contributed by atoms with E-state index in [0.29, 0.717) is 12.1 Å². The van der Waals surface area contributed by atoms with Crippen LogP contribution in [0.3, 0.4) is 0 Å². The van der Waals surface area contributed by atoms with Crippen LogP contribution in [0.5, 0.6) is 0 Å². The van der Waals surface area contributed by atoms with Crippen LogP contribution in [0.25, 0.3) is 0 Å². The van der Waals surface area contributed by atoms with Crippen molar-refractivity contribution in [3.63, 3.8) is 0 Å². The first kappa shape index (κ1) is 25.1. The maximum absolute atomic E-state index is 13.7. The molecule has 1 unspecified atom stereocenters. The number of halogens is 1. The van der Waals surface area contributed by atoms with Gasteiger partial charge in [0, 0.05) is 23.0 Å². The molecule has 0 N–H and O–H groups in total. The van der Waals surface area contributed by atoms with Gasteiger partial charge in [0.15, 0.2) is 0 Å². The van der Waals surface area contributed by atoms with E-state index in [0.717, 1.165) is 23.1 Å². The van der Waals surface area contributed by atoms with Crippen LogP contribution >= 0.6 is 11.3 Å². The predicted molar refractivity (Wildman–Crippen MR) is 139 cm³/mol. The van der Waals surface area contributed by atoms with Crippen LogP contribution in [-0.2, 0) is 16.6 Å². The molecular formula is C29H33FN2O2S. The molecule has 0 saturated carbocycles. The van der Waals surface area contributed by atoms with Crippen LogP contribution in [0, 0.1) is 5.82 Å². The van der Waals surface area contributed by atoms with Crippen molar-refractivity contribution in [1.82, 2.24) is 9.80 Å². The number of hydrogen-bond donors (Lipinski definition) is 0. The quantitative estimate of drug-likeness (QED) is 0.425. The summed E-state index contributed by atoms with van der Waals surface area (Å²) in [7, 11) is 0. The highest BCUT2D eigenvalue weighted by Crippen LogP contribution is 2.38. The van der Waals surface area contributed by atoms with Crippen LogP contribution in [0.2, 0.25) is 0 Å². The van der Waals surface area contributed by atoms with Crippen LogP contribution in [0.15, 0.2) is 60.0 Å². The lowest BCUT2D eigenvalue weighted by Crippen LogP contribution is -2.48. The summed E-state index contributed by atoms with van der Waals surface area (Å²) in [6.07, 6.45) is 0.778. The number of thiophene rings is 1. The van der Waals surface area contributed by atoms with E-state index in [1.54, 1.807) is 28.4 Å². The van der Waals surface area contributed by atoms with Crippen molar-refractivity contribution >= 4 is 23.2 Å². The fourth-order valence-corrected chi connectivity index (χ4v) is 5.50. The zero-order valence-corrected chi connectivity index (χ0v) is 21.9. The lowest BCUT2D eigenvalue weighted by Gasteiger charge is -2.38. The minimum Gasteiger partial charge on any atom is -0.330 e. The number of amides is 2. The summed E-state index contributed by atoms with van der Waals surface area (Å²) in [6, 6.07) is 15.7. The molecule has 2 amide bonds. The van der Waals surface area contributed by atoms with Gasteiger partial charge in [-0.25, -0.2) is 4.39 Å². The van der Waals surface area contributed by atoms with Gasteiger partial charge in [0.2, 0.25) is 5.91 Å². The number of fused-ring (bicyclic) bond motifs is 1. The minimum absolute atomic E-state index is 0.000580. The summed E-state index contributed by atoms with van der Waals surface area (Å²) in [4.78, 5) is 31.8. The largest absolute Gasteiger partial charge is 0.330 e. The first-order chi connectivity index (χ1) is 16.6. The van der Waals surface area contributed by atoms with Gasteiger partial charge in [0.1, 0.15) is 12.4 Å². The molecule has 6 heteroatoms. The van der Waals surface area contributed by atoms with Crippen LogP contribution in [-0.4, -0.2) is 40.7 Å². The molecule has 2 aromatic carbocycles. The van der Waals surface area contributed by atoms with E-state index in [-0.39, 0.29) is 41.7 Å². The molecule has 1 aromatic heterocycles. The SMILES string of the molecule is CC(C)N(CC(=O)N1CCc2sccc2C1c1ccc(F)cc1)C(=O)c1ccc(C(C)(C)C)cc1. The lowest BCUT2D eigenvalue weighted by molar-refractivity contribution is -0.134. The molecule has 0 bridgehead atoms. The monoisotopic (exact) mass is 492 g/mol. The third-order valence-corrected chi connectivity index (χ3v) is 7.66. The average Bonchev–Trinajstić information content (AvgIpc) is 3.30. The van der Waals surface area contributed by atoms with Gasteiger partial charge >= 0.3 is 0 Å². The molecule has 0 saturated heterocycles. The fraction of sp³-hybridized carbons (Fsp3) is 0.379. The van der Waals surface area contributed by atoms with E-state index in [4.69, 9.17) is 0 Å². The van der Waals surface area contributed by atoms with Crippen molar-refractivity contribution < 1.29 is 14.0 Å². The summed E-state index contributed by atoms with van der Waals surface area (Å²) < 4.78 is 13.6.